The van der Waals surface area contributed by atoms with Gasteiger partial charge in [0.2, 0.25) is 0 Å². The highest BCUT2D eigenvalue weighted by molar-refractivity contribution is 5.98. The van der Waals surface area contributed by atoms with Crippen LogP contribution in [-0.2, 0) is 15.7 Å². The Labute approximate surface area is 194 Å². The zero-order chi connectivity index (χ0) is 24.9. The van der Waals surface area contributed by atoms with E-state index in [2.05, 4.69) is 12.2 Å². The summed E-state index contributed by atoms with van der Waals surface area (Å²) >= 11 is 0. The number of rotatable bonds is 15. The Balaban J connectivity index is 2.49. The van der Waals surface area contributed by atoms with Gasteiger partial charge in [-0.2, -0.15) is 13.2 Å². The highest BCUT2D eigenvalue weighted by Crippen LogP contribution is 2.33. The first-order valence-corrected chi connectivity index (χ1v) is 11.9. The maximum Gasteiger partial charge on any atom is 0.417 e. The molecule has 1 unspecified atom stereocenters. The van der Waals surface area contributed by atoms with Gasteiger partial charge >= 0.3 is 12.1 Å². The van der Waals surface area contributed by atoms with Crippen molar-refractivity contribution in [2.45, 2.75) is 97.2 Å². The molecule has 0 saturated carbocycles. The van der Waals surface area contributed by atoms with Crippen molar-refractivity contribution in [3.05, 3.63) is 35.1 Å². The molecule has 0 aliphatic carbocycles. The fourth-order valence-electron chi connectivity index (χ4n) is 3.55. The Kier molecular flexibility index (Phi) is 13.1. The number of halogens is 4. The third-order valence-corrected chi connectivity index (χ3v) is 5.50. The van der Waals surface area contributed by atoms with E-state index in [4.69, 9.17) is 4.74 Å². The molecule has 0 aliphatic rings. The zero-order valence-corrected chi connectivity index (χ0v) is 19.9. The third-order valence-electron chi connectivity index (χ3n) is 5.50. The molecule has 0 spiro atoms. The maximum atomic E-state index is 14.1. The number of nitrogens with one attached hydrogen (secondary N) is 1. The first kappa shape index (κ1) is 28.9. The number of unbranched alkanes of at least 4 members (excludes halogenated alkanes) is 9. The van der Waals surface area contributed by atoms with E-state index in [0.717, 1.165) is 31.4 Å². The van der Waals surface area contributed by atoms with E-state index in [1.54, 1.807) is 13.8 Å². The van der Waals surface area contributed by atoms with Crippen molar-refractivity contribution in [3.63, 3.8) is 0 Å². The largest absolute Gasteiger partial charge is 0.464 e. The van der Waals surface area contributed by atoms with Crippen molar-refractivity contribution >= 4 is 11.9 Å². The van der Waals surface area contributed by atoms with Crippen LogP contribution in [0.1, 0.15) is 101 Å². The third kappa shape index (κ3) is 10.6. The van der Waals surface area contributed by atoms with Gasteiger partial charge in [0.25, 0.3) is 5.91 Å². The van der Waals surface area contributed by atoms with Gasteiger partial charge in [-0.3, -0.25) is 4.79 Å². The second-order valence-electron chi connectivity index (χ2n) is 8.70. The number of esters is 1. The van der Waals surface area contributed by atoms with Crippen LogP contribution in [0, 0.1) is 11.7 Å². The first-order chi connectivity index (χ1) is 15.6. The number of carbonyl (C=O) groups is 2. The smallest absolute Gasteiger partial charge is 0.417 e. The summed E-state index contributed by atoms with van der Waals surface area (Å²) in [4.78, 5) is 24.9. The van der Waals surface area contributed by atoms with Gasteiger partial charge in [-0.1, -0.05) is 84.6 Å². The van der Waals surface area contributed by atoms with Gasteiger partial charge in [-0.15, -0.1) is 0 Å². The van der Waals surface area contributed by atoms with Gasteiger partial charge in [0.05, 0.1) is 17.7 Å². The van der Waals surface area contributed by atoms with Crippen LogP contribution >= 0.6 is 0 Å². The van der Waals surface area contributed by atoms with E-state index in [9.17, 15) is 27.2 Å². The van der Waals surface area contributed by atoms with E-state index < -0.39 is 47.0 Å². The molecule has 0 fully saturated rings. The van der Waals surface area contributed by atoms with Crippen molar-refractivity contribution < 1.29 is 31.9 Å². The molecule has 33 heavy (non-hydrogen) atoms. The minimum Gasteiger partial charge on any atom is -0.464 e. The van der Waals surface area contributed by atoms with Crippen LogP contribution < -0.4 is 5.32 Å². The predicted octanol–water partition coefficient (Wildman–Crippen LogP) is 7.06. The number of alkyl halides is 3. The molecule has 188 valence electrons. The Hall–Kier alpha value is -2.12. The SMILES string of the molecule is CCCCCCCCCCCCOC(=O)C(NC(=O)c1c(F)cccc1C(F)(F)F)C(C)C. The first-order valence-electron chi connectivity index (χ1n) is 11.9. The van der Waals surface area contributed by atoms with Crippen molar-refractivity contribution in [3.8, 4) is 0 Å². The summed E-state index contributed by atoms with van der Waals surface area (Å²) in [5.74, 6) is -3.78. The van der Waals surface area contributed by atoms with Crippen molar-refractivity contribution in [1.82, 2.24) is 5.32 Å². The molecule has 1 amide bonds. The molecule has 1 aromatic rings. The normalized spacial score (nSPS) is 12.6. The highest BCUT2D eigenvalue weighted by Gasteiger charge is 2.38. The molecule has 1 N–H and O–H groups in total. The molecule has 0 radical (unpaired) electrons. The van der Waals surface area contributed by atoms with Gasteiger partial charge < -0.3 is 10.1 Å². The number of amides is 1. The van der Waals surface area contributed by atoms with Crippen LogP contribution in [0.4, 0.5) is 17.6 Å². The number of carbonyl (C=O) groups excluding carboxylic acids is 2. The second-order valence-corrected chi connectivity index (χ2v) is 8.70. The molecular weight excluding hydrogens is 438 g/mol. The molecule has 0 aliphatic heterocycles. The van der Waals surface area contributed by atoms with Crippen molar-refractivity contribution in [2.75, 3.05) is 6.61 Å². The lowest BCUT2D eigenvalue weighted by Crippen LogP contribution is -2.46. The fraction of sp³-hybridized carbons (Fsp3) is 0.680. The molecule has 0 heterocycles. The van der Waals surface area contributed by atoms with Crippen LogP contribution in [0.2, 0.25) is 0 Å². The molecule has 1 aromatic carbocycles. The molecule has 0 saturated heterocycles. The lowest BCUT2D eigenvalue weighted by atomic mass is 10.0. The Morgan fingerprint density at radius 3 is 2.00 bits per heavy atom. The van der Waals surface area contributed by atoms with Crippen LogP contribution in [0.5, 0.6) is 0 Å². The van der Waals surface area contributed by atoms with Crippen LogP contribution in [0.25, 0.3) is 0 Å². The summed E-state index contributed by atoms with van der Waals surface area (Å²) < 4.78 is 58.9. The number of hydrogen-bond donors (Lipinski definition) is 1. The topological polar surface area (TPSA) is 55.4 Å². The van der Waals surface area contributed by atoms with E-state index >= 15 is 0 Å². The average molecular weight is 476 g/mol. The maximum absolute atomic E-state index is 14.1. The molecule has 1 rings (SSSR count). The molecule has 0 bridgehead atoms. The fourth-order valence-corrected chi connectivity index (χ4v) is 3.55. The quantitative estimate of drug-likeness (QED) is 0.168. The van der Waals surface area contributed by atoms with Gasteiger partial charge in [-0.05, 0) is 24.5 Å². The highest BCUT2D eigenvalue weighted by atomic mass is 19.4. The van der Waals surface area contributed by atoms with E-state index in [-0.39, 0.29) is 6.61 Å². The van der Waals surface area contributed by atoms with Crippen LogP contribution in [-0.4, -0.2) is 24.5 Å². The summed E-state index contributed by atoms with van der Waals surface area (Å²) in [5.41, 5.74) is -2.51. The summed E-state index contributed by atoms with van der Waals surface area (Å²) in [6.07, 6.45) is 6.36. The molecule has 0 aromatic heterocycles. The van der Waals surface area contributed by atoms with Crippen LogP contribution in [0.15, 0.2) is 18.2 Å². The monoisotopic (exact) mass is 475 g/mol. The Morgan fingerprint density at radius 1 is 0.939 bits per heavy atom. The lowest BCUT2D eigenvalue weighted by Gasteiger charge is -2.22. The molecule has 8 heteroatoms. The Bertz CT molecular complexity index is 735. The van der Waals surface area contributed by atoms with Gasteiger partial charge in [-0.25, -0.2) is 9.18 Å². The average Bonchev–Trinajstić information content (AvgIpc) is 2.74. The van der Waals surface area contributed by atoms with Gasteiger partial charge in [0, 0.05) is 0 Å². The second kappa shape index (κ2) is 14.9. The Morgan fingerprint density at radius 2 is 1.48 bits per heavy atom. The van der Waals surface area contributed by atoms with Gasteiger partial charge in [0.1, 0.15) is 11.9 Å². The minimum atomic E-state index is -4.90. The molecular formula is C25H37F4NO3. The number of benzene rings is 1. The summed E-state index contributed by atoms with van der Waals surface area (Å²) in [7, 11) is 0. The number of ether oxygens (including phenoxy) is 1. The number of hydrogen-bond acceptors (Lipinski definition) is 3. The van der Waals surface area contributed by atoms with Crippen molar-refractivity contribution in [2.24, 2.45) is 5.92 Å². The molecule has 4 nitrogen and oxygen atoms in total. The standard InChI is InChI=1S/C25H37F4NO3/c1-4-5-6-7-8-9-10-11-12-13-17-33-24(32)22(18(2)3)30-23(31)21-19(25(27,28)29)15-14-16-20(21)26/h14-16,18,22H,4-13,17H2,1-3H3,(H,30,31). The van der Waals surface area contributed by atoms with E-state index in [0.29, 0.717) is 12.5 Å². The summed E-state index contributed by atoms with van der Waals surface area (Å²) in [6.45, 7) is 5.61. The molecule has 1 atom stereocenters. The van der Waals surface area contributed by atoms with E-state index in [1.165, 1.54) is 38.5 Å². The van der Waals surface area contributed by atoms with E-state index in [1.807, 2.05) is 0 Å². The van der Waals surface area contributed by atoms with Gasteiger partial charge in [0.15, 0.2) is 0 Å². The zero-order valence-electron chi connectivity index (χ0n) is 19.9. The van der Waals surface area contributed by atoms with Crippen LogP contribution in [0.3, 0.4) is 0 Å². The summed E-state index contributed by atoms with van der Waals surface area (Å²) in [5, 5.41) is 2.22. The van der Waals surface area contributed by atoms with Crippen molar-refractivity contribution in [1.29, 1.82) is 0 Å². The lowest BCUT2D eigenvalue weighted by molar-refractivity contribution is -0.147. The predicted molar refractivity (Wildman–Crippen MR) is 120 cm³/mol. The summed E-state index contributed by atoms with van der Waals surface area (Å²) in [6, 6.07) is 1.11. The minimum absolute atomic E-state index is 0.169.